The van der Waals surface area contributed by atoms with Gasteiger partial charge in [0.1, 0.15) is 5.82 Å². The zero-order valence-electron chi connectivity index (χ0n) is 16.0. The van der Waals surface area contributed by atoms with Crippen LogP contribution in [0.1, 0.15) is 28.4 Å². The molecule has 0 saturated carbocycles. The van der Waals surface area contributed by atoms with Crippen molar-refractivity contribution in [2.45, 2.75) is 12.5 Å². The van der Waals surface area contributed by atoms with Crippen molar-refractivity contribution < 1.29 is 14.0 Å². The van der Waals surface area contributed by atoms with Crippen LogP contribution in [0, 0.1) is 17.7 Å². The number of nitrogens with zero attached hydrogens (tertiary/aromatic N) is 1. The van der Waals surface area contributed by atoms with E-state index in [0.29, 0.717) is 17.4 Å². The minimum atomic E-state index is -0.382. The molecule has 5 nitrogen and oxygen atoms in total. The Balaban J connectivity index is 0.00000240. The van der Waals surface area contributed by atoms with Crippen molar-refractivity contribution in [1.82, 2.24) is 15.5 Å². The van der Waals surface area contributed by atoms with E-state index < -0.39 is 0 Å². The first kappa shape index (κ1) is 21.3. The largest absolute Gasteiger partial charge is 0.352 e. The zero-order chi connectivity index (χ0) is 19.5. The molecule has 2 aromatic rings. The molecule has 2 heterocycles. The SMILES string of the molecule is Cl.O=C(NCCC(=O)N1C[C@@H]2CNC[C@@H]2[C@H]1c1ccccc1)c1ccc(F)cc1. The third-order valence-electron chi connectivity index (χ3n) is 5.76. The third-order valence-corrected chi connectivity index (χ3v) is 5.76. The lowest BCUT2D eigenvalue weighted by atomic mass is 9.89. The van der Waals surface area contributed by atoms with Gasteiger partial charge in [0, 0.05) is 44.1 Å². The minimum Gasteiger partial charge on any atom is -0.352 e. The molecule has 3 atom stereocenters. The molecule has 154 valence electrons. The van der Waals surface area contributed by atoms with E-state index in [1.165, 1.54) is 29.8 Å². The number of benzene rings is 2. The highest BCUT2D eigenvalue weighted by Crippen LogP contribution is 2.42. The van der Waals surface area contributed by atoms with Crippen LogP contribution in [0.4, 0.5) is 4.39 Å². The van der Waals surface area contributed by atoms with E-state index in [4.69, 9.17) is 0 Å². The molecule has 0 bridgehead atoms. The Kier molecular flexibility index (Phi) is 6.87. The molecule has 2 fully saturated rings. The number of likely N-dealkylation sites (tertiary alicyclic amines) is 1. The van der Waals surface area contributed by atoms with Gasteiger partial charge in [0.2, 0.25) is 5.91 Å². The van der Waals surface area contributed by atoms with Crippen LogP contribution in [0.5, 0.6) is 0 Å². The van der Waals surface area contributed by atoms with Gasteiger partial charge >= 0.3 is 0 Å². The third kappa shape index (κ3) is 4.60. The average molecular weight is 418 g/mol. The van der Waals surface area contributed by atoms with Crippen LogP contribution in [0.2, 0.25) is 0 Å². The maximum atomic E-state index is 13.0. The first-order valence-electron chi connectivity index (χ1n) is 9.72. The fraction of sp³-hybridized carbons (Fsp3) is 0.364. The van der Waals surface area contributed by atoms with Gasteiger partial charge in [-0.2, -0.15) is 0 Å². The molecule has 0 aromatic heterocycles. The van der Waals surface area contributed by atoms with Crippen LogP contribution in [0.3, 0.4) is 0 Å². The van der Waals surface area contributed by atoms with Crippen LogP contribution in [-0.2, 0) is 4.79 Å². The van der Waals surface area contributed by atoms with Crippen LogP contribution >= 0.6 is 12.4 Å². The predicted molar refractivity (Wildman–Crippen MR) is 111 cm³/mol. The Bertz CT molecular complexity index is 847. The fourth-order valence-corrected chi connectivity index (χ4v) is 4.38. The zero-order valence-corrected chi connectivity index (χ0v) is 16.8. The Morgan fingerprint density at radius 2 is 1.79 bits per heavy atom. The van der Waals surface area contributed by atoms with Gasteiger partial charge in [0.25, 0.3) is 5.91 Å². The number of halogens is 2. The van der Waals surface area contributed by atoms with Crippen LogP contribution < -0.4 is 10.6 Å². The van der Waals surface area contributed by atoms with Crippen LogP contribution in [-0.4, -0.2) is 42.9 Å². The van der Waals surface area contributed by atoms with Gasteiger partial charge in [-0.1, -0.05) is 30.3 Å². The van der Waals surface area contributed by atoms with Crippen LogP contribution in [0.15, 0.2) is 54.6 Å². The lowest BCUT2D eigenvalue weighted by molar-refractivity contribution is -0.132. The molecule has 7 heteroatoms. The number of nitrogens with one attached hydrogen (secondary N) is 2. The second-order valence-electron chi connectivity index (χ2n) is 7.50. The van der Waals surface area contributed by atoms with Gasteiger partial charge in [0.05, 0.1) is 6.04 Å². The number of hydrogen-bond acceptors (Lipinski definition) is 3. The Labute approximate surface area is 176 Å². The van der Waals surface area contributed by atoms with E-state index in [2.05, 4.69) is 22.8 Å². The predicted octanol–water partition coefficient (Wildman–Crippen LogP) is 2.79. The van der Waals surface area contributed by atoms with Crippen LogP contribution in [0.25, 0.3) is 0 Å². The second-order valence-corrected chi connectivity index (χ2v) is 7.50. The maximum absolute atomic E-state index is 13.0. The van der Waals surface area contributed by atoms with Crippen molar-refractivity contribution in [2.75, 3.05) is 26.2 Å². The summed E-state index contributed by atoms with van der Waals surface area (Å²) in [4.78, 5) is 27.0. The standard InChI is InChI=1S/C22H24FN3O2.ClH/c23-18-8-6-16(7-9-18)22(28)25-11-10-20(27)26-14-17-12-24-13-19(17)21(26)15-4-2-1-3-5-15;/h1-9,17,19,21,24H,10-14H2,(H,25,28);1H/t17-,19-,21+;/m0./s1. The Morgan fingerprint density at radius 1 is 1.07 bits per heavy atom. The average Bonchev–Trinajstić information content (AvgIpc) is 3.30. The van der Waals surface area contributed by atoms with E-state index in [-0.39, 0.29) is 49.0 Å². The molecule has 29 heavy (non-hydrogen) atoms. The summed E-state index contributed by atoms with van der Waals surface area (Å²) in [6, 6.07) is 15.6. The van der Waals surface area contributed by atoms with Crippen molar-refractivity contribution in [3.05, 3.63) is 71.5 Å². The fourth-order valence-electron chi connectivity index (χ4n) is 4.38. The monoisotopic (exact) mass is 417 g/mol. The molecule has 2 saturated heterocycles. The van der Waals surface area contributed by atoms with Gasteiger partial charge in [-0.25, -0.2) is 4.39 Å². The molecule has 0 radical (unpaired) electrons. The van der Waals surface area contributed by atoms with Gasteiger partial charge in [-0.15, -0.1) is 12.4 Å². The number of fused-ring (bicyclic) bond motifs is 1. The number of carbonyl (C=O) groups excluding carboxylic acids is 2. The second kappa shape index (κ2) is 9.37. The summed E-state index contributed by atoms with van der Waals surface area (Å²) in [5.41, 5.74) is 1.56. The lowest BCUT2D eigenvalue weighted by Gasteiger charge is -2.28. The topological polar surface area (TPSA) is 61.4 Å². The normalized spacial score (nSPS) is 22.7. The van der Waals surface area contributed by atoms with E-state index in [9.17, 15) is 14.0 Å². The first-order chi connectivity index (χ1) is 13.6. The smallest absolute Gasteiger partial charge is 0.251 e. The lowest BCUT2D eigenvalue weighted by Crippen LogP contribution is -2.37. The highest BCUT2D eigenvalue weighted by atomic mass is 35.5. The number of hydrogen-bond donors (Lipinski definition) is 2. The molecule has 2 aliphatic heterocycles. The van der Waals surface area contributed by atoms with E-state index in [0.717, 1.165) is 19.6 Å². The summed E-state index contributed by atoms with van der Waals surface area (Å²) >= 11 is 0. The summed E-state index contributed by atoms with van der Waals surface area (Å²) in [5.74, 6) is 0.286. The minimum absolute atomic E-state index is 0. The number of carbonyl (C=O) groups is 2. The molecule has 2 aromatic carbocycles. The van der Waals surface area contributed by atoms with Gasteiger partial charge in [-0.05, 0) is 35.7 Å². The van der Waals surface area contributed by atoms with Crippen molar-refractivity contribution in [1.29, 1.82) is 0 Å². The maximum Gasteiger partial charge on any atom is 0.251 e. The summed E-state index contributed by atoms with van der Waals surface area (Å²) in [6.07, 6.45) is 0.253. The van der Waals surface area contributed by atoms with Crippen molar-refractivity contribution in [3.8, 4) is 0 Å². The Hall–Kier alpha value is -2.44. The molecule has 4 rings (SSSR count). The van der Waals surface area contributed by atoms with E-state index in [1.54, 1.807) is 0 Å². The highest BCUT2D eigenvalue weighted by Gasteiger charge is 2.46. The molecule has 0 unspecified atom stereocenters. The molecule has 0 aliphatic carbocycles. The molecule has 2 amide bonds. The molecule has 2 aliphatic rings. The summed E-state index contributed by atoms with van der Waals surface area (Å²) in [7, 11) is 0. The summed E-state index contributed by atoms with van der Waals surface area (Å²) in [6.45, 7) is 2.89. The summed E-state index contributed by atoms with van der Waals surface area (Å²) in [5, 5.41) is 6.20. The number of amides is 2. The highest BCUT2D eigenvalue weighted by molar-refractivity contribution is 5.94. The van der Waals surface area contributed by atoms with Gasteiger partial charge in [-0.3, -0.25) is 9.59 Å². The van der Waals surface area contributed by atoms with E-state index in [1.807, 2.05) is 23.1 Å². The van der Waals surface area contributed by atoms with Crippen molar-refractivity contribution >= 4 is 24.2 Å². The van der Waals surface area contributed by atoms with Gasteiger partial charge < -0.3 is 15.5 Å². The van der Waals surface area contributed by atoms with Gasteiger partial charge in [0.15, 0.2) is 0 Å². The number of rotatable bonds is 5. The van der Waals surface area contributed by atoms with Crippen molar-refractivity contribution in [3.63, 3.8) is 0 Å². The van der Waals surface area contributed by atoms with Crippen molar-refractivity contribution in [2.24, 2.45) is 11.8 Å². The molecular formula is C22H25ClFN3O2. The quantitative estimate of drug-likeness (QED) is 0.786. The van der Waals surface area contributed by atoms with E-state index >= 15 is 0 Å². The Morgan fingerprint density at radius 3 is 2.52 bits per heavy atom. The first-order valence-corrected chi connectivity index (χ1v) is 9.72. The summed E-state index contributed by atoms with van der Waals surface area (Å²) < 4.78 is 13.0. The molecular weight excluding hydrogens is 393 g/mol. The molecule has 0 spiro atoms. The molecule has 2 N–H and O–H groups in total.